The van der Waals surface area contributed by atoms with E-state index in [1.54, 1.807) is 0 Å². The number of nitrogens with one attached hydrogen (secondary N) is 1. The van der Waals surface area contributed by atoms with Crippen molar-refractivity contribution in [1.29, 1.82) is 5.26 Å². The van der Waals surface area contributed by atoms with Gasteiger partial charge in [0.15, 0.2) is 0 Å². The predicted octanol–water partition coefficient (Wildman–Crippen LogP) is 0.879. The van der Waals surface area contributed by atoms with Crippen LogP contribution in [-0.2, 0) is 18.4 Å². The Balaban J connectivity index is 1.48. The van der Waals surface area contributed by atoms with Gasteiger partial charge in [-0.15, -0.1) is 0 Å². The average Bonchev–Trinajstić information content (AvgIpc) is 3.20. The molecular weight excluding hydrogens is 316 g/mol. The molecule has 0 bridgehead atoms. The number of amides is 1. The zero-order valence-electron chi connectivity index (χ0n) is 15.2. The van der Waals surface area contributed by atoms with Gasteiger partial charge < -0.3 is 9.88 Å². The van der Waals surface area contributed by atoms with Crippen molar-refractivity contribution in [1.82, 2.24) is 24.7 Å². The molecule has 2 fully saturated rings. The van der Waals surface area contributed by atoms with Crippen molar-refractivity contribution < 1.29 is 4.79 Å². The molecule has 25 heavy (non-hydrogen) atoms. The highest BCUT2D eigenvalue weighted by Gasteiger charge is 2.36. The van der Waals surface area contributed by atoms with Crippen LogP contribution in [-0.4, -0.2) is 63.0 Å². The fraction of sp³-hybridized carbons (Fsp3) is 0.722. The minimum Gasteiger partial charge on any atom is -0.337 e. The SMILES string of the molecule is C[C@H]1CN(CC(=O)NC2(C#N)CCCC2)CCN1Cc1nccn1C. The molecule has 1 amide bonds. The van der Waals surface area contributed by atoms with Gasteiger partial charge in [-0.1, -0.05) is 0 Å². The first-order valence-corrected chi connectivity index (χ1v) is 9.16. The lowest BCUT2D eigenvalue weighted by Gasteiger charge is -2.39. The van der Waals surface area contributed by atoms with Crippen LogP contribution >= 0.6 is 0 Å². The molecule has 1 aromatic heterocycles. The van der Waals surface area contributed by atoms with Crippen molar-refractivity contribution in [2.45, 2.75) is 50.7 Å². The van der Waals surface area contributed by atoms with E-state index in [0.29, 0.717) is 12.6 Å². The van der Waals surface area contributed by atoms with Gasteiger partial charge in [-0.2, -0.15) is 5.26 Å². The number of hydrogen-bond donors (Lipinski definition) is 1. The van der Waals surface area contributed by atoms with Gasteiger partial charge >= 0.3 is 0 Å². The third-order valence-electron chi connectivity index (χ3n) is 5.53. The van der Waals surface area contributed by atoms with Gasteiger partial charge in [-0.25, -0.2) is 4.98 Å². The van der Waals surface area contributed by atoms with Crippen molar-refractivity contribution in [3.8, 4) is 6.07 Å². The molecule has 2 heterocycles. The number of carbonyl (C=O) groups is 1. The Hall–Kier alpha value is -1.91. The summed E-state index contributed by atoms with van der Waals surface area (Å²) in [6.45, 7) is 6.05. The summed E-state index contributed by atoms with van der Waals surface area (Å²) in [6.07, 6.45) is 7.41. The Morgan fingerprint density at radius 2 is 2.20 bits per heavy atom. The molecule has 0 spiro atoms. The second kappa shape index (κ2) is 7.54. The number of carbonyl (C=O) groups excluding carboxylic acids is 1. The third kappa shape index (κ3) is 4.20. The number of piperazine rings is 1. The van der Waals surface area contributed by atoms with Gasteiger partial charge in [-0.3, -0.25) is 14.6 Å². The summed E-state index contributed by atoms with van der Waals surface area (Å²) in [4.78, 5) is 21.4. The van der Waals surface area contributed by atoms with Crippen LogP contribution in [0.1, 0.15) is 38.4 Å². The van der Waals surface area contributed by atoms with Gasteiger partial charge in [0.2, 0.25) is 5.91 Å². The average molecular weight is 344 g/mol. The summed E-state index contributed by atoms with van der Waals surface area (Å²) in [6, 6.07) is 2.69. The highest BCUT2D eigenvalue weighted by Crippen LogP contribution is 2.28. The molecule has 1 saturated heterocycles. The van der Waals surface area contributed by atoms with E-state index in [-0.39, 0.29) is 5.91 Å². The van der Waals surface area contributed by atoms with E-state index < -0.39 is 5.54 Å². The maximum Gasteiger partial charge on any atom is 0.235 e. The third-order valence-corrected chi connectivity index (χ3v) is 5.53. The zero-order valence-corrected chi connectivity index (χ0v) is 15.2. The zero-order chi connectivity index (χ0) is 17.9. The molecule has 1 atom stereocenters. The Labute approximate surface area is 149 Å². The number of nitrogens with zero attached hydrogens (tertiary/aromatic N) is 5. The van der Waals surface area contributed by atoms with E-state index >= 15 is 0 Å². The van der Waals surface area contributed by atoms with Crippen LogP contribution in [0.3, 0.4) is 0 Å². The molecule has 0 radical (unpaired) electrons. The summed E-state index contributed by atoms with van der Waals surface area (Å²) in [5.41, 5.74) is -0.622. The number of imidazole rings is 1. The predicted molar refractivity (Wildman–Crippen MR) is 94.5 cm³/mol. The number of aryl methyl sites for hydroxylation is 1. The van der Waals surface area contributed by atoms with Crippen LogP contribution in [0.15, 0.2) is 12.4 Å². The number of nitriles is 1. The molecule has 1 N–H and O–H groups in total. The van der Waals surface area contributed by atoms with Crippen molar-refractivity contribution in [3.63, 3.8) is 0 Å². The molecule has 0 aromatic carbocycles. The van der Waals surface area contributed by atoms with Crippen molar-refractivity contribution in [2.24, 2.45) is 7.05 Å². The quantitative estimate of drug-likeness (QED) is 0.858. The van der Waals surface area contributed by atoms with Crippen molar-refractivity contribution >= 4 is 5.91 Å². The first-order valence-electron chi connectivity index (χ1n) is 9.16. The van der Waals surface area contributed by atoms with Crippen molar-refractivity contribution in [3.05, 3.63) is 18.2 Å². The lowest BCUT2D eigenvalue weighted by Crippen LogP contribution is -2.55. The van der Waals surface area contributed by atoms with E-state index in [2.05, 4.69) is 37.7 Å². The van der Waals surface area contributed by atoms with Gasteiger partial charge in [-0.05, 0) is 32.6 Å². The van der Waals surface area contributed by atoms with E-state index in [4.69, 9.17) is 0 Å². The maximum atomic E-state index is 12.4. The van der Waals surface area contributed by atoms with Gasteiger partial charge in [0, 0.05) is 45.1 Å². The molecular formula is C18H28N6O. The summed E-state index contributed by atoms with van der Waals surface area (Å²) in [5, 5.41) is 12.4. The molecule has 3 rings (SSSR count). The molecule has 2 aliphatic rings. The molecule has 7 nitrogen and oxygen atoms in total. The van der Waals surface area contributed by atoms with Crippen LogP contribution < -0.4 is 5.32 Å². The maximum absolute atomic E-state index is 12.4. The van der Waals surface area contributed by atoms with E-state index in [1.165, 1.54) is 0 Å². The second-order valence-electron chi connectivity index (χ2n) is 7.46. The van der Waals surface area contributed by atoms with E-state index in [0.717, 1.165) is 57.7 Å². The Morgan fingerprint density at radius 3 is 2.80 bits per heavy atom. The summed E-state index contributed by atoms with van der Waals surface area (Å²) in [7, 11) is 2.02. The second-order valence-corrected chi connectivity index (χ2v) is 7.46. The lowest BCUT2D eigenvalue weighted by molar-refractivity contribution is -0.124. The van der Waals surface area contributed by atoms with E-state index in [1.807, 2.05) is 19.4 Å². The highest BCUT2D eigenvalue weighted by molar-refractivity contribution is 5.79. The fourth-order valence-electron chi connectivity index (χ4n) is 3.93. The molecule has 136 valence electrons. The summed E-state index contributed by atoms with van der Waals surface area (Å²) < 4.78 is 2.05. The monoisotopic (exact) mass is 344 g/mol. The van der Waals surface area contributed by atoms with Crippen LogP contribution in [0.5, 0.6) is 0 Å². The molecule has 0 unspecified atom stereocenters. The lowest BCUT2D eigenvalue weighted by atomic mass is 10.00. The van der Waals surface area contributed by atoms with Gasteiger partial charge in [0.05, 0.1) is 19.2 Å². The number of hydrogen-bond acceptors (Lipinski definition) is 5. The van der Waals surface area contributed by atoms with Crippen molar-refractivity contribution in [2.75, 3.05) is 26.2 Å². The van der Waals surface area contributed by atoms with Crippen LogP contribution in [0, 0.1) is 11.3 Å². The van der Waals surface area contributed by atoms with E-state index in [9.17, 15) is 10.1 Å². The fourth-order valence-corrected chi connectivity index (χ4v) is 3.93. The Bertz CT molecular complexity index is 642. The molecule has 1 aromatic rings. The summed E-state index contributed by atoms with van der Waals surface area (Å²) >= 11 is 0. The standard InChI is InChI=1S/C18H28N6O/c1-15-11-23(9-10-24(15)12-16-20-7-8-22(16)2)13-17(25)21-18(14-19)5-3-4-6-18/h7-8,15H,3-6,9-13H2,1-2H3,(H,21,25)/t15-/m0/s1. The van der Waals surface area contributed by atoms with Crippen LogP contribution in [0.25, 0.3) is 0 Å². The number of aromatic nitrogens is 2. The highest BCUT2D eigenvalue weighted by atomic mass is 16.2. The summed E-state index contributed by atoms with van der Waals surface area (Å²) in [5.74, 6) is 1.04. The van der Waals surface area contributed by atoms with Gasteiger partial charge in [0.25, 0.3) is 0 Å². The smallest absolute Gasteiger partial charge is 0.235 e. The molecule has 1 aliphatic heterocycles. The minimum atomic E-state index is -0.622. The molecule has 1 aliphatic carbocycles. The van der Waals surface area contributed by atoms with Crippen LogP contribution in [0.2, 0.25) is 0 Å². The molecule has 1 saturated carbocycles. The van der Waals surface area contributed by atoms with Crippen LogP contribution in [0.4, 0.5) is 0 Å². The normalized spacial score (nSPS) is 24.1. The first-order chi connectivity index (χ1) is 12.0. The van der Waals surface area contributed by atoms with Gasteiger partial charge in [0.1, 0.15) is 11.4 Å². The Kier molecular flexibility index (Phi) is 5.40. The first kappa shape index (κ1) is 17.9. The topological polar surface area (TPSA) is 77.2 Å². The minimum absolute atomic E-state index is 0.0202. The molecule has 7 heteroatoms. The number of rotatable bonds is 5. The Morgan fingerprint density at radius 1 is 1.44 bits per heavy atom. The largest absolute Gasteiger partial charge is 0.337 e.